The van der Waals surface area contributed by atoms with Crippen LogP contribution in [0.15, 0.2) is 17.3 Å². The molecule has 0 aromatic carbocycles. The first-order valence-electron chi connectivity index (χ1n) is 5.19. The molecular weight excluding hydrogens is 160 g/mol. The smallest absolute Gasteiger partial charge is 0.0551 e. The van der Waals surface area contributed by atoms with Crippen molar-refractivity contribution in [3.05, 3.63) is 12.2 Å². The van der Waals surface area contributed by atoms with Crippen molar-refractivity contribution in [1.82, 2.24) is 5.01 Å². The molecule has 0 aromatic rings. The first-order valence-corrected chi connectivity index (χ1v) is 5.19. The average molecular weight is 178 g/mol. The number of allylic oxidation sites excluding steroid dienone is 2. The molecule has 1 aliphatic carbocycles. The van der Waals surface area contributed by atoms with E-state index in [2.05, 4.69) is 36.2 Å². The lowest BCUT2D eigenvalue weighted by molar-refractivity contribution is 0.196. The van der Waals surface area contributed by atoms with Gasteiger partial charge in [0.1, 0.15) is 0 Å². The number of hydrazone groups is 1. The Morgan fingerprint density at radius 1 is 1.46 bits per heavy atom. The maximum Gasteiger partial charge on any atom is 0.0551 e. The van der Waals surface area contributed by atoms with E-state index in [4.69, 9.17) is 0 Å². The van der Waals surface area contributed by atoms with E-state index in [1.54, 1.807) is 0 Å². The molecule has 2 atom stereocenters. The molecule has 2 heteroatoms. The molecular formula is C11H18N2. The summed E-state index contributed by atoms with van der Waals surface area (Å²) >= 11 is 0. The summed E-state index contributed by atoms with van der Waals surface area (Å²) < 4.78 is 0. The van der Waals surface area contributed by atoms with Gasteiger partial charge in [0.2, 0.25) is 0 Å². The zero-order valence-electron chi connectivity index (χ0n) is 8.53. The Bertz CT molecular complexity index is 242. The van der Waals surface area contributed by atoms with Crippen molar-refractivity contribution < 1.29 is 0 Å². The van der Waals surface area contributed by atoms with Gasteiger partial charge in [-0.15, -0.1) is 0 Å². The molecule has 2 nitrogen and oxygen atoms in total. The van der Waals surface area contributed by atoms with Crippen molar-refractivity contribution in [2.75, 3.05) is 7.05 Å². The molecule has 2 rings (SSSR count). The first-order chi connectivity index (χ1) is 6.27. The van der Waals surface area contributed by atoms with Gasteiger partial charge in [0.15, 0.2) is 0 Å². The Morgan fingerprint density at radius 3 is 2.85 bits per heavy atom. The van der Waals surface area contributed by atoms with E-state index in [1.165, 1.54) is 31.4 Å². The third kappa shape index (κ3) is 1.77. The van der Waals surface area contributed by atoms with E-state index in [0.717, 1.165) is 5.92 Å². The Hall–Kier alpha value is -0.790. The molecule has 2 unspecified atom stereocenters. The van der Waals surface area contributed by atoms with E-state index in [1.807, 2.05) is 0 Å². The van der Waals surface area contributed by atoms with Crippen LogP contribution in [0.5, 0.6) is 0 Å². The van der Waals surface area contributed by atoms with Gasteiger partial charge in [-0.2, -0.15) is 5.10 Å². The molecule has 0 bridgehead atoms. The maximum absolute atomic E-state index is 4.47. The lowest BCUT2D eigenvalue weighted by atomic mass is 9.86. The molecule has 0 saturated heterocycles. The lowest BCUT2D eigenvalue weighted by Gasteiger charge is -2.29. The van der Waals surface area contributed by atoms with Crippen molar-refractivity contribution in [3.8, 4) is 0 Å². The van der Waals surface area contributed by atoms with Crippen molar-refractivity contribution in [3.63, 3.8) is 0 Å². The van der Waals surface area contributed by atoms with Gasteiger partial charge in [-0.05, 0) is 32.1 Å². The third-order valence-corrected chi connectivity index (χ3v) is 3.17. The highest BCUT2D eigenvalue weighted by atomic mass is 15.5. The van der Waals surface area contributed by atoms with Crippen LogP contribution in [-0.2, 0) is 0 Å². The molecule has 0 saturated carbocycles. The first kappa shape index (κ1) is 8.79. The van der Waals surface area contributed by atoms with E-state index in [-0.39, 0.29) is 0 Å². The van der Waals surface area contributed by atoms with Gasteiger partial charge in [-0.3, -0.25) is 5.01 Å². The van der Waals surface area contributed by atoms with E-state index >= 15 is 0 Å². The molecule has 0 spiro atoms. The van der Waals surface area contributed by atoms with Crippen LogP contribution < -0.4 is 0 Å². The second kappa shape index (κ2) is 3.52. The Morgan fingerprint density at radius 2 is 2.31 bits per heavy atom. The normalized spacial score (nSPS) is 33.7. The Balaban J connectivity index is 1.98. The van der Waals surface area contributed by atoms with Crippen molar-refractivity contribution >= 4 is 5.71 Å². The van der Waals surface area contributed by atoms with Crippen LogP contribution in [0.4, 0.5) is 0 Å². The number of hydrogen-bond acceptors (Lipinski definition) is 2. The van der Waals surface area contributed by atoms with Crippen LogP contribution in [-0.4, -0.2) is 23.8 Å². The van der Waals surface area contributed by atoms with Gasteiger partial charge in [0, 0.05) is 19.2 Å². The number of rotatable bonds is 1. The van der Waals surface area contributed by atoms with Crippen molar-refractivity contribution in [1.29, 1.82) is 0 Å². The molecule has 1 aliphatic heterocycles. The van der Waals surface area contributed by atoms with Gasteiger partial charge in [0.25, 0.3) is 0 Å². The van der Waals surface area contributed by atoms with Crippen molar-refractivity contribution in [2.24, 2.45) is 11.0 Å². The van der Waals surface area contributed by atoms with E-state index < -0.39 is 0 Å². The summed E-state index contributed by atoms with van der Waals surface area (Å²) in [7, 11) is 2.11. The number of nitrogens with zero attached hydrogens (tertiary/aromatic N) is 2. The maximum atomic E-state index is 4.47. The highest BCUT2D eigenvalue weighted by molar-refractivity contribution is 5.83. The van der Waals surface area contributed by atoms with Crippen LogP contribution in [0.25, 0.3) is 0 Å². The van der Waals surface area contributed by atoms with E-state index in [0.29, 0.717) is 6.04 Å². The predicted octanol–water partition coefficient (Wildman–Crippen LogP) is 2.42. The van der Waals surface area contributed by atoms with Gasteiger partial charge < -0.3 is 0 Å². The van der Waals surface area contributed by atoms with Gasteiger partial charge in [-0.1, -0.05) is 12.2 Å². The average Bonchev–Trinajstić information content (AvgIpc) is 2.47. The molecule has 0 N–H and O–H groups in total. The van der Waals surface area contributed by atoms with Gasteiger partial charge in [-0.25, -0.2) is 0 Å². The molecule has 1 heterocycles. The fourth-order valence-electron chi connectivity index (χ4n) is 2.46. The highest BCUT2D eigenvalue weighted by Crippen LogP contribution is 2.29. The quantitative estimate of drug-likeness (QED) is 0.563. The standard InChI is InChI=1S/C11H18N2/c1-9-8-11(13(2)12-9)10-6-4-3-5-7-10/h3-4,10-11H,5-8H2,1-2H3. The van der Waals surface area contributed by atoms with Crippen LogP contribution in [0, 0.1) is 5.92 Å². The predicted molar refractivity (Wildman–Crippen MR) is 55.8 cm³/mol. The molecule has 0 fully saturated rings. The second-order valence-electron chi connectivity index (χ2n) is 4.22. The minimum atomic E-state index is 0.671. The summed E-state index contributed by atoms with van der Waals surface area (Å²) in [5.41, 5.74) is 1.29. The fraction of sp³-hybridized carbons (Fsp3) is 0.727. The summed E-state index contributed by atoms with van der Waals surface area (Å²) in [6, 6.07) is 0.671. The summed E-state index contributed by atoms with van der Waals surface area (Å²) in [5.74, 6) is 0.830. The van der Waals surface area contributed by atoms with Crippen molar-refractivity contribution in [2.45, 2.75) is 38.6 Å². The molecule has 0 amide bonds. The van der Waals surface area contributed by atoms with E-state index in [9.17, 15) is 0 Å². The third-order valence-electron chi connectivity index (χ3n) is 3.17. The molecule has 0 aromatic heterocycles. The summed E-state index contributed by atoms with van der Waals surface area (Å²) in [6.45, 7) is 2.13. The second-order valence-corrected chi connectivity index (χ2v) is 4.22. The summed E-state index contributed by atoms with van der Waals surface area (Å²) in [6.07, 6.45) is 9.66. The van der Waals surface area contributed by atoms with Gasteiger partial charge in [0.05, 0.1) is 6.04 Å². The van der Waals surface area contributed by atoms with Crippen LogP contribution >= 0.6 is 0 Å². The van der Waals surface area contributed by atoms with Crippen LogP contribution in [0.1, 0.15) is 32.6 Å². The molecule has 13 heavy (non-hydrogen) atoms. The summed E-state index contributed by atoms with van der Waals surface area (Å²) in [4.78, 5) is 0. The molecule has 72 valence electrons. The largest absolute Gasteiger partial charge is 0.296 e. The van der Waals surface area contributed by atoms with Gasteiger partial charge >= 0.3 is 0 Å². The summed E-state index contributed by atoms with van der Waals surface area (Å²) in [5, 5.41) is 6.64. The van der Waals surface area contributed by atoms with Crippen LogP contribution in [0.3, 0.4) is 0 Å². The highest BCUT2D eigenvalue weighted by Gasteiger charge is 2.29. The SMILES string of the molecule is CC1=NN(C)C(C2CC=CCC2)C1. The fourth-order valence-corrected chi connectivity index (χ4v) is 2.46. The zero-order valence-corrected chi connectivity index (χ0v) is 8.53. The topological polar surface area (TPSA) is 15.6 Å². The lowest BCUT2D eigenvalue weighted by Crippen LogP contribution is -2.31. The Kier molecular flexibility index (Phi) is 2.38. The minimum Gasteiger partial charge on any atom is -0.296 e. The zero-order chi connectivity index (χ0) is 9.26. The molecule has 2 aliphatic rings. The van der Waals surface area contributed by atoms with Crippen LogP contribution in [0.2, 0.25) is 0 Å². The molecule has 0 radical (unpaired) electrons. The number of hydrogen-bond donors (Lipinski definition) is 0. The Labute approximate surface area is 80.3 Å². The minimum absolute atomic E-state index is 0.671. The monoisotopic (exact) mass is 178 g/mol.